The van der Waals surface area contributed by atoms with E-state index < -0.39 is 12.3 Å². The Labute approximate surface area is 103 Å². The van der Waals surface area contributed by atoms with E-state index in [2.05, 4.69) is 10.2 Å². The third kappa shape index (κ3) is 3.23. The fraction of sp³-hybridized carbons (Fsp3) is 0.727. The number of β-amino-alcohol motifs (C(OH)–C–C–N with tert-alkyl or cyclic N) is 1. The van der Waals surface area contributed by atoms with Gasteiger partial charge in [0.05, 0.1) is 0 Å². The minimum Gasteiger partial charge on any atom is -0.382 e. The topological polar surface area (TPSA) is 52.1 Å². The average Bonchev–Trinajstić information content (AvgIpc) is 2.82. The van der Waals surface area contributed by atoms with E-state index in [1.165, 1.54) is 0 Å². The number of rotatable bonds is 3. The summed E-state index contributed by atoms with van der Waals surface area (Å²) in [7, 11) is 0. The highest BCUT2D eigenvalue weighted by molar-refractivity contribution is 5.06. The first-order valence-electron chi connectivity index (χ1n) is 5.93. The number of likely N-dealkylation sites (tertiary alicyclic amines) is 1. The molecule has 7 heteroatoms. The van der Waals surface area contributed by atoms with Gasteiger partial charge in [-0.05, 0) is 32.0 Å². The van der Waals surface area contributed by atoms with Crippen molar-refractivity contribution in [3.05, 3.63) is 18.0 Å². The zero-order valence-corrected chi connectivity index (χ0v) is 9.82. The Morgan fingerprint density at radius 2 is 2.11 bits per heavy atom. The molecule has 2 rings (SSSR count). The summed E-state index contributed by atoms with van der Waals surface area (Å²) in [6, 6.07) is 1.89. The molecule has 1 fully saturated rings. The Kier molecular flexibility index (Phi) is 3.91. The fourth-order valence-corrected chi connectivity index (χ4v) is 2.27. The van der Waals surface area contributed by atoms with Gasteiger partial charge in [-0.2, -0.15) is 18.3 Å². The molecule has 0 bridgehead atoms. The lowest BCUT2D eigenvalue weighted by atomic mass is 9.93. The summed E-state index contributed by atoms with van der Waals surface area (Å²) in [4.78, 5) is 1.66. The van der Waals surface area contributed by atoms with Crippen LogP contribution in [-0.2, 0) is 0 Å². The van der Waals surface area contributed by atoms with Crippen LogP contribution in [0.4, 0.5) is 13.2 Å². The van der Waals surface area contributed by atoms with Crippen LogP contribution in [0.3, 0.4) is 0 Å². The molecule has 1 aromatic heterocycles. The molecule has 0 amide bonds. The first-order valence-corrected chi connectivity index (χ1v) is 5.93. The van der Waals surface area contributed by atoms with E-state index in [1.54, 1.807) is 11.1 Å². The van der Waals surface area contributed by atoms with Crippen LogP contribution in [0.15, 0.2) is 12.3 Å². The normalized spacial score (nSPS) is 21.1. The molecule has 1 unspecified atom stereocenters. The molecule has 4 nitrogen and oxygen atoms in total. The Hall–Kier alpha value is -1.08. The SMILES string of the molecule is OC(CN1CCC(c2ccn[nH]2)CC1)C(F)(F)F. The molecule has 2 N–H and O–H groups in total. The maximum atomic E-state index is 12.2. The summed E-state index contributed by atoms with van der Waals surface area (Å²) in [5, 5.41) is 15.8. The Balaban J connectivity index is 1.80. The van der Waals surface area contributed by atoms with Gasteiger partial charge >= 0.3 is 6.18 Å². The van der Waals surface area contributed by atoms with E-state index in [0.29, 0.717) is 19.0 Å². The van der Waals surface area contributed by atoms with Crippen LogP contribution in [-0.4, -0.2) is 52.1 Å². The second-order valence-corrected chi connectivity index (χ2v) is 4.64. The first kappa shape index (κ1) is 13.4. The van der Waals surface area contributed by atoms with Crippen molar-refractivity contribution in [2.75, 3.05) is 19.6 Å². The number of aromatic amines is 1. The predicted octanol–water partition coefficient (Wildman–Crippen LogP) is 1.51. The van der Waals surface area contributed by atoms with Gasteiger partial charge in [0, 0.05) is 24.4 Å². The van der Waals surface area contributed by atoms with Crippen LogP contribution >= 0.6 is 0 Å². The van der Waals surface area contributed by atoms with Crippen molar-refractivity contribution in [2.45, 2.75) is 31.0 Å². The van der Waals surface area contributed by atoms with Gasteiger partial charge < -0.3 is 10.0 Å². The quantitative estimate of drug-likeness (QED) is 0.869. The highest BCUT2D eigenvalue weighted by atomic mass is 19.4. The number of nitrogens with one attached hydrogen (secondary N) is 1. The molecule has 1 aliphatic heterocycles. The number of piperidine rings is 1. The van der Waals surface area contributed by atoms with Gasteiger partial charge in [0.1, 0.15) is 0 Å². The number of aliphatic hydroxyl groups is 1. The summed E-state index contributed by atoms with van der Waals surface area (Å²) >= 11 is 0. The third-order valence-electron chi connectivity index (χ3n) is 3.36. The Morgan fingerprint density at radius 3 is 2.61 bits per heavy atom. The van der Waals surface area contributed by atoms with Crippen LogP contribution in [0.25, 0.3) is 0 Å². The van der Waals surface area contributed by atoms with Crippen molar-refractivity contribution in [1.82, 2.24) is 15.1 Å². The Morgan fingerprint density at radius 1 is 1.44 bits per heavy atom. The van der Waals surface area contributed by atoms with E-state index in [0.717, 1.165) is 18.5 Å². The van der Waals surface area contributed by atoms with Gasteiger partial charge in [0.2, 0.25) is 0 Å². The molecule has 0 spiro atoms. The van der Waals surface area contributed by atoms with E-state index in [-0.39, 0.29) is 6.54 Å². The lowest BCUT2D eigenvalue weighted by Gasteiger charge is -2.33. The Bertz CT molecular complexity index is 358. The van der Waals surface area contributed by atoms with Gasteiger partial charge in [-0.15, -0.1) is 0 Å². The number of aliphatic hydroxyl groups excluding tert-OH is 1. The van der Waals surface area contributed by atoms with E-state index in [1.807, 2.05) is 6.07 Å². The number of H-pyrrole nitrogens is 1. The molecule has 1 atom stereocenters. The molecule has 1 aliphatic rings. The maximum Gasteiger partial charge on any atom is 0.415 e. The monoisotopic (exact) mass is 263 g/mol. The summed E-state index contributed by atoms with van der Waals surface area (Å²) in [6.45, 7) is 0.798. The minimum atomic E-state index is -4.53. The lowest BCUT2D eigenvalue weighted by molar-refractivity contribution is -0.208. The van der Waals surface area contributed by atoms with Crippen LogP contribution < -0.4 is 0 Å². The van der Waals surface area contributed by atoms with E-state index in [9.17, 15) is 13.2 Å². The molecule has 1 aromatic rings. The maximum absolute atomic E-state index is 12.2. The van der Waals surface area contributed by atoms with Crippen LogP contribution in [0.2, 0.25) is 0 Å². The summed E-state index contributed by atoms with van der Waals surface area (Å²) in [6.07, 6.45) is -3.53. The molecular weight excluding hydrogens is 247 g/mol. The van der Waals surface area contributed by atoms with Gasteiger partial charge in [0.25, 0.3) is 0 Å². The second kappa shape index (κ2) is 5.27. The molecule has 18 heavy (non-hydrogen) atoms. The smallest absolute Gasteiger partial charge is 0.382 e. The third-order valence-corrected chi connectivity index (χ3v) is 3.36. The molecule has 2 heterocycles. The van der Waals surface area contributed by atoms with Crippen molar-refractivity contribution in [2.24, 2.45) is 0 Å². The van der Waals surface area contributed by atoms with Crippen molar-refractivity contribution >= 4 is 0 Å². The number of alkyl halides is 3. The van der Waals surface area contributed by atoms with Crippen LogP contribution in [0, 0.1) is 0 Å². The average molecular weight is 263 g/mol. The molecule has 1 saturated heterocycles. The second-order valence-electron chi connectivity index (χ2n) is 4.64. The zero-order valence-electron chi connectivity index (χ0n) is 9.82. The number of nitrogens with zero attached hydrogens (tertiary/aromatic N) is 2. The van der Waals surface area contributed by atoms with E-state index >= 15 is 0 Å². The van der Waals surface area contributed by atoms with Crippen molar-refractivity contribution in [3.63, 3.8) is 0 Å². The zero-order chi connectivity index (χ0) is 13.2. The fourth-order valence-electron chi connectivity index (χ4n) is 2.27. The number of aromatic nitrogens is 2. The highest BCUT2D eigenvalue weighted by Crippen LogP contribution is 2.27. The van der Waals surface area contributed by atoms with Crippen molar-refractivity contribution < 1.29 is 18.3 Å². The standard InChI is InChI=1S/C11H16F3N3O/c12-11(13,14)10(18)7-17-5-2-8(3-6-17)9-1-4-15-16-9/h1,4,8,10,18H,2-3,5-7H2,(H,15,16). The summed E-state index contributed by atoms with van der Waals surface area (Å²) in [5.74, 6) is 0.326. The molecule has 0 aromatic carbocycles. The van der Waals surface area contributed by atoms with Gasteiger partial charge in [-0.1, -0.05) is 0 Å². The van der Waals surface area contributed by atoms with Crippen LogP contribution in [0.5, 0.6) is 0 Å². The van der Waals surface area contributed by atoms with Gasteiger partial charge in [-0.25, -0.2) is 0 Å². The van der Waals surface area contributed by atoms with Crippen molar-refractivity contribution in [3.8, 4) is 0 Å². The number of hydrogen-bond acceptors (Lipinski definition) is 3. The molecular formula is C11H16F3N3O. The number of halogens is 3. The van der Waals surface area contributed by atoms with Gasteiger partial charge in [0.15, 0.2) is 6.10 Å². The number of hydrogen-bond donors (Lipinski definition) is 2. The van der Waals surface area contributed by atoms with Crippen molar-refractivity contribution in [1.29, 1.82) is 0 Å². The molecule has 0 radical (unpaired) electrons. The highest BCUT2D eigenvalue weighted by Gasteiger charge is 2.39. The lowest BCUT2D eigenvalue weighted by Crippen LogP contribution is -2.44. The predicted molar refractivity (Wildman–Crippen MR) is 59.1 cm³/mol. The van der Waals surface area contributed by atoms with Crippen LogP contribution in [0.1, 0.15) is 24.5 Å². The minimum absolute atomic E-state index is 0.326. The molecule has 0 saturated carbocycles. The largest absolute Gasteiger partial charge is 0.415 e. The summed E-state index contributed by atoms with van der Waals surface area (Å²) < 4.78 is 36.6. The molecule has 102 valence electrons. The van der Waals surface area contributed by atoms with Gasteiger partial charge in [-0.3, -0.25) is 5.10 Å². The molecule has 0 aliphatic carbocycles. The van der Waals surface area contributed by atoms with E-state index in [4.69, 9.17) is 5.11 Å². The first-order chi connectivity index (χ1) is 8.47. The summed E-state index contributed by atoms with van der Waals surface area (Å²) in [5.41, 5.74) is 1.03.